The van der Waals surface area contributed by atoms with Crippen molar-refractivity contribution in [2.45, 2.75) is 39.2 Å². The molecule has 0 spiro atoms. The number of sulfone groups is 1. The maximum Gasteiger partial charge on any atom is 0.153 e. The van der Waals surface area contributed by atoms with Gasteiger partial charge in [-0.2, -0.15) is 5.26 Å². The summed E-state index contributed by atoms with van der Waals surface area (Å²) >= 11 is 0. The average Bonchev–Trinajstić information content (AvgIpc) is 2.95. The van der Waals surface area contributed by atoms with Crippen LogP contribution in [0.2, 0.25) is 0 Å². The van der Waals surface area contributed by atoms with Crippen molar-refractivity contribution in [2.24, 2.45) is 11.3 Å². The second-order valence-corrected chi connectivity index (χ2v) is 12.2. The van der Waals surface area contributed by atoms with Crippen LogP contribution in [0.15, 0.2) is 24.3 Å². The molecular weight excluding hydrogens is 396 g/mol. The first-order valence-corrected chi connectivity index (χ1v) is 13.0. The van der Waals surface area contributed by atoms with Gasteiger partial charge in [-0.1, -0.05) is 13.8 Å². The molecule has 4 heterocycles. The molecule has 4 saturated heterocycles. The number of piperidine rings is 1. The second-order valence-electron chi connectivity index (χ2n) is 9.90. The molecule has 0 radical (unpaired) electrons. The van der Waals surface area contributed by atoms with Gasteiger partial charge in [0, 0.05) is 56.6 Å². The topological polar surface area (TPSA) is 67.7 Å². The summed E-state index contributed by atoms with van der Waals surface area (Å²) in [5.74, 6) is 1.15. The first-order valence-electron chi connectivity index (χ1n) is 11.2. The van der Waals surface area contributed by atoms with Gasteiger partial charge in [0.05, 0.1) is 17.6 Å². The van der Waals surface area contributed by atoms with Crippen molar-refractivity contribution in [1.29, 1.82) is 5.26 Å². The Bertz CT molecular complexity index is 877. The highest BCUT2D eigenvalue weighted by Crippen LogP contribution is 2.43. The molecule has 2 atom stereocenters. The molecule has 1 aromatic rings. The first-order chi connectivity index (χ1) is 14.3. The molecule has 0 aliphatic carbocycles. The molecule has 0 amide bonds. The summed E-state index contributed by atoms with van der Waals surface area (Å²) < 4.78 is 23.4. The fourth-order valence-corrected chi connectivity index (χ4v) is 6.80. The second kappa shape index (κ2) is 8.39. The Hall–Kier alpha value is -1.78. The molecular formula is C23H34N4O2S. The van der Waals surface area contributed by atoms with E-state index in [-0.39, 0.29) is 16.9 Å². The minimum absolute atomic E-state index is 0.250. The summed E-state index contributed by atoms with van der Waals surface area (Å²) in [6.45, 7) is 10.3. The molecule has 6 nitrogen and oxygen atoms in total. The Morgan fingerprint density at radius 3 is 2.40 bits per heavy atom. The highest BCUT2D eigenvalue weighted by Gasteiger charge is 2.45. The number of benzene rings is 1. The number of hydrogen-bond donors (Lipinski definition) is 0. The van der Waals surface area contributed by atoms with Crippen LogP contribution in [-0.4, -0.2) is 70.1 Å². The van der Waals surface area contributed by atoms with Gasteiger partial charge in [-0.3, -0.25) is 0 Å². The summed E-state index contributed by atoms with van der Waals surface area (Å²) in [7, 11) is -2.86. The quantitative estimate of drug-likeness (QED) is 0.669. The molecule has 2 unspecified atom stereocenters. The molecule has 0 N–H and O–H groups in total. The predicted molar refractivity (Wildman–Crippen MR) is 122 cm³/mol. The van der Waals surface area contributed by atoms with Crippen LogP contribution >= 0.6 is 0 Å². The van der Waals surface area contributed by atoms with Crippen LogP contribution in [0.5, 0.6) is 0 Å². The number of unbranched alkanes of at least 4 members (excludes halogenated alkanes) is 1. The largest absolute Gasteiger partial charge is 0.369 e. The van der Waals surface area contributed by atoms with E-state index in [9.17, 15) is 8.42 Å². The zero-order valence-electron chi connectivity index (χ0n) is 18.3. The van der Waals surface area contributed by atoms with Crippen LogP contribution in [-0.2, 0) is 9.84 Å². The van der Waals surface area contributed by atoms with Crippen LogP contribution in [0.4, 0.5) is 11.4 Å². The smallest absolute Gasteiger partial charge is 0.153 e. The Kier molecular flexibility index (Phi) is 6.00. The molecule has 5 rings (SSSR count). The van der Waals surface area contributed by atoms with Crippen molar-refractivity contribution in [3.8, 4) is 6.07 Å². The molecule has 164 valence electrons. The van der Waals surface area contributed by atoms with Crippen LogP contribution in [0.25, 0.3) is 0 Å². The van der Waals surface area contributed by atoms with Gasteiger partial charge in [0.15, 0.2) is 9.84 Å². The Labute approximate surface area is 181 Å². The molecule has 2 bridgehead atoms. The fraction of sp³-hybridized carbons (Fsp3) is 0.696. The van der Waals surface area contributed by atoms with Gasteiger partial charge in [-0.15, -0.1) is 0 Å². The Morgan fingerprint density at radius 1 is 1.07 bits per heavy atom. The van der Waals surface area contributed by atoms with Crippen molar-refractivity contribution in [2.75, 3.05) is 60.6 Å². The highest BCUT2D eigenvalue weighted by molar-refractivity contribution is 7.91. The normalized spacial score (nSPS) is 28.2. The minimum atomic E-state index is -2.86. The van der Waals surface area contributed by atoms with E-state index in [4.69, 9.17) is 5.26 Å². The lowest BCUT2D eigenvalue weighted by molar-refractivity contribution is 0.190. The van der Waals surface area contributed by atoms with Gasteiger partial charge in [-0.05, 0) is 55.0 Å². The third-order valence-corrected chi connectivity index (χ3v) is 8.76. The van der Waals surface area contributed by atoms with Crippen LogP contribution in [0.3, 0.4) is 0 Å². The number of nitriles is 1. The van der Waals surface area contributed by atoms with Gasteiger partial charge in [0.1, 0.15) is 0 Å². The van der Waals surface area contributed by atoms with Gasteiger partial charge in [0.25, 0.3) is 0 Å². The van der Waals surface area contributed by atoms with Crippen LogP contribution in [0.1, 0.15) is 33.1 Å². The molecule has 0 aromatic heterocycles. The summed E-state index contributed by atoms with van der Waals surface area (Å²) in [5.41, 5.74) is 2.64. The van der Waals surface area contributed by atoms with Gasteiger partial charge in [-0.25, -0.2) is 8.42 Å². The summed E-state index contributed by atoms with van der Waals surface area (Å²) in [6.07, 6.45) is 2.85. The molecule has 0 saturated carbocycles. The standard InChI is InChI=1S/C23H34N4O2S/c1-23(2)15-19-16-25(10-4-3-9-24)18-22(23)27(17-19)21-7-5-20(6-8-21)26-11-13-30(28,29)14-12-26/h5-8,19,22H,3-4,10-18H2,1-2H3. The Morgan fingerprint density at radius 2 is 1.73 bits per heavy atom. The van der Waals surface area contributed by atoms with E-state index in [0.717, 1.165) is 38.3 Å². The van der Waals surface area contributed by atoms with Crippen LogP contribution in [0, 0.1) is 22.7 Å². The number of hydrogen-bond acceptors (Lipinski definition) is 6. The zero-order chi connectivity index (χ0) is 21.4. The first kappa shape index (κ1) is 21.5. The molecule has 4 aliphatic rings. The average molecular weight is 431 g/mol. The lowest BCUT2D eigenvalue weighted by atomic mass is 9.73. The van der Waals surface area contributed by atoms with Gasteiger partial charge >= 0.3 is 0 Å². The van der Waals surface area contributed by atoms with Gasteiger partial charge in [0.2, 0.25) is 0 Å². The van der Waals surface area contributed by atoms with Crippen LogP contribution < -0.4 is 9.80 Å². The molecule has 7 heteroatoms. The van der Waals surface area contributed by atoms with E-state index in [1.165, 1.54) is 12.1 Å². The Balaban J connectivity index is 1.49. The van der Waals surface area contributed by atoms with E-state index < -0.39 is 9.84 Å². The third kappa shape index (κ3) is 4.60. The van der Waals surface area contributed by atoms with E-state index >= 15 is 0 Å². The summed E-state index contributed by atoms with van der Waals surface area (Å²) in [6, 6.07) is 11.5. The SMILES string of the molecule is CC1(C)CC2CN(CCCC#N)CC1N(c1ccc(N3CCS(=O)(=O)CC3)cc1)C2. The number of nitrogens with zero attached hydrogens (tertiary/aromatic N) is 4. The third-order valence-electron chi connectivity index (χ3n) is 7.15. The highest BCUT2D eigenvalue weighted by atomic mass is 32.2. The lowest BCUT2D eigenvalue weighted by Gasteiger charge is -2.48. The van der Waals surface area contributed by atoms with E-state index in [1.807, 2.05) is 0 Å². The van der Waals surface area contributed by atoms with Crippen molar-refractivity contribution < 1.29 is 8.42 Å². The fourth-order valence-electron chi connectivity index (χ4n) is 5.60. The monoisotopic (exact) mass is 430 g/mol. The number of anilines is 2. The zero-order valence-corrected chi connectivity index (χ0v) is 19.1. The van der Waals surface area contributed by atoms with E-state index in [1.54, 1.807) is 0 Å². The number of rotatable bonds is 5. The summed E-state index contributed by atoms with van der Waals surface area (Å²) in [5, 5.41) is 8.87. The van der Waals surface area contributed by atoms with E-state index in [0.29, 0.717) is 31.5 Å². The molecule has 1 aromatic carbocycles. The predicted octanol–water partition coefficient (Wildman–Crippen LogP) is 2.76. The number of fused-ring (bicyclic) bond motifs is 4. The molecule has 4 fully saturated rings. The molecule has 4 aliphatic heterocycles. The van der Waals surface area contributed by atoms with Crippen molar-refractivity contribution in [1.82, 2.24) is 4.90 Å². The van der Waals surface area contributed by atoms with E-state index in [2.05, 4.69) is 58.9 Å². The van der Waals surface area contributed by atoms with Crippen molar-refractivity contribution in [3.05, 3.63) is 24.3 Å². The maximum absolute atomic E-state index is 11.7. The maximum atomic E-state index is 11.7. The minimum Gasteiger partial charge on any atom is -0.369 e. The lowest BCUT2D eigenvalue weighted by Crippen LogP contribution is -2.53. The van der Waals surface area contributed by atoms with Crippen molar-refractivity contribution >= 4 is 21.2 Å². The van der Waals surface area contributed by atoms with Gasteiger partial charge < -0.3 is 14.7 Å². The summed E-state index contributed by atoms with van der Waals surface area (Å²) in [4.78, 5) is 7.35. The van der Waals surface area contributed by atoms with Crippen molar-refractivity contribution in [3.63, 3.8) is 0 Å². The molecule has 30 heavy (non-hydrogen) atoms.